The summed E-state index contributed by atoms with van der Waals surface area (Å²) < 4.78 is 14.4. The van der Waals surface area contributed by atoms with Gasteiger partial charge in [0.25, 0.3) is 0 Å². The predicted octanol–water partition coefficient (Wildman–Crippen LogP) is 3.31. The summed E-state index contributed by atoms with van der Waals surface area (Å²) in [4.78, 5) is 0. The first-order chi connectivity index (χ1) is 10.0. The van der Waals surface area contributed by atoms with Crippen LogP contribution in [0.5, 0.6) is 0 Å². The molecule has 2 N–H and O–H groups in total. The molecule has 0 saturated heterocycles. The molecule has 0 aliphatic heterocycles. The van der Waals surface area contributed by atoms with Gasteiger partial charge >= 0.3 is 0 Å². The second-order valence-corrected chi connectivity index (χ2v) is 6.32. The molecule has 2 rings (SSSR count). The summed E-state index contributed by atoms with van der Waals surface area (Å²) in [6, 6.07) is 9.48. The zero-order valence-corrected chi connectivity index (χ0v) is 12.7. The van der Waals surface area contributed by atoms with Gasteiger partial charge in [0.05, 0.1) is 12.7 Å². The zero-order valence-electron chi connectivity index (χ0n) is 12.7. The van der Waals surface area contributed by atoms with Gasteiger partial charge in [-0.1, -0.05) is 56.3 Å². The van der Waals surface area contributed by atoms with Crippen molar-refractivity contribution in [2.75, 3.05) is 6.61 Å². The summed E-state index contributed by atoms with van der Waals surface area (Å²) in [6.07, 6.45) is 2.27. The molecule has 0 spiro atoms. The van der Waals surface area contributed by atoms with E-state index >= 15 is 0 Å². The maximum Gasteiger partial charge on any atom is 0.122 e. The zero-order chi connectivity index (χ0) is 15.4. The second-order valence-electron chi connectivity index (χ2n) is 6.32. The number of hydrogen-bond acceptors (Lipinski definition) is 2. The Bertz CT molecular complexity index is 458. The minimum Gasteiger partial charge on any atom is -0.394 e. The fourth-order valence-electron chi connectivity index (χ4n) is 3.30. The Balaban J connectivity index is 2.30. The van der Waals surface area contributed by atoms with Crippen molar-refractivity contribution in [3.63, 3.8) is 0 Å². The van der Waals surface area contributed by atoms with E-state index in [0.717, 1.165) is 5.56 Å². The topological polar surface area (TPSA) is 40.5 Å². The van der Waals surface area contributed by atoms with Crippen LogP contribution in [-0.4, -0.2) is 29.1 Å². The van der Waals surface area contributed by atoms with Crippen molar-refractivity contribution in [2.24, 2.45) is 17.8 Å². The molecule has 1 aromatic carbocycles. The maximum atomic E-state index is 14.4. The number of allylic oxidation sites excluding steroid dienone is 2. The van der Waals surface area contributed by atoms with E-state index in [0.29, 0.717) is 18.3 Å². The van der Waals surface area contributed by atoms with Crippen molar-refractivity contribution >= 4 is 0 Å². The van der Waals surface area contributed by atoms with Crippen molar-refractivity contribution in [1.29, 1.82) is 0 Å². The second kappa shape index (κ2) is 7.19. The third-order valence-electron chi connectivity index (χ3n) is 4.60. The van der Waals surface area contributed by atoms with E-state index in [9.17, 15) is 14.6 Å². The van der Waals surface area contributed by atoms with Crippen molar-refractivity contribution in [2.45, 2.75) is 38.5 Å². The van der Waals surface area contributed by atoms with E-state index in [2.05, 4.69) is 13.8 Å². The van der Waals surface area contributed by atoms with Crippen LogP contribution < -0.4 is 0 Å². The van der Waals surface area contributed by atoms with Gasteiger partial charge in [-0.2, -0.15) is 0 Å². The number of benzene rings is 1. The van der Waals surface area contributed by atoms with Gasteiger partial charge in [-0.05, 0) is 23.8 Å². The Labute approximate surface area is 126 Å². The monoisotopic (exact) mass is 292 g/mol. The average molecular weight is 292 g/mol. The number of rotatable bonds is 5. The molecule has 2 nitrogen and oxygen atoms in total. The lowest BCUT2D eigenvalue weighted by Gasteiger charge is -2.37. The fraction of sp³-hybridized carbons (Fsp3) is 0.556. The number of halogens is 1. The van der Waals surface area contributed by atoms with E-state index < -0.39 is 12.3 Å². The van der Waals surface area contributed by atoms with Gasteiger partial charge in [0.1, 0.15) is 6.17 Å². The van der Waals surface area contributed by atoms with Gasteiger partial charge in [0, 0.05) is 11.8 Å². The van der Waals surface area contributed by atoms with E-state index in [1.54, 1.807) is 6.08 Å². The first-order valence-electron chi connectivity index (χ1n) is 7.70. The molecule has 3 heteroatoms. The molecule has 21 heavy (non-hydrogen) atoms. The Morgan fingerprint density at radius 3 is 2.43 bits per heavy atom. The molecule has 0 radical (unpaired) electrons. The van der Waals surface area contributed by atoms with E-state index in [1.807, 2.05) is 36.4 Å². The molecule has 0 aromatic heterocycles. The summed E-state index contributed by atoms with van der Waals surface area (Å²) in [6.45, 7) is 3.91. The lowest BCUT2D eigenvalue weighted by molar-refractivity contribution is 0.0331. The van der Waals surface area contributed by atoms with Gasteiger partial charge in [-0.25, -0.2) is 4.39 Å². The lowest BCUT2D eigenvalue weighted by atomic mass is 9.70. The smallest absolute Gasteiger partial charge is 0.122 e. The predicted molar refractivity (Wildman–Crippen MR) is 82.7 cm³/mol. The standard InChI is InChI=1S/C18H25FO2/c1-12(2)14-8-9-16(19)15(10-14)18(17(21)11-20)13-6-4-3-5-7-13/h3-9,12,14-18,20-21H,10-11H2,1-2H3/t14?,15?,16?,17-,18-/m1/s1. The van der Waals surface area contributed by atoms with Crippen LogP contribution in [0, 0.1) is 17.8 Å². The quantitative estimate of drug-likeness (QED) is 0.817. The Hall–Kier alpha value is -1.19. The summed E-state index contributed by atoms with van der Waals surface area (Å²) in [5.74, 6) is 0.0856. The van der Waals surface area contributed by atoms with Gasteiger partial charge in [0.15, 0.2) is 0 Å². The average Bonchev–Trinajstić information content (AvgIpc) is 2.50. The number of aliphatic hydroxyl groups is 2. The molecule has 1 aliphatic rings. The van der Waals surface area contributed by atoms with Crippen molar-refractivity contribution in [1.82, 2.24) is 0 Å². The van der Waals surface area contributed by atoms with E-state index in [4.69, 9.17) is 0 Å². The first-order valence-corrected chi connectivity index (χ1v) is 7.70. The molecular weight excluding hydrogens is 267 g/mol. The van der Waals surface area contributed by atoms with E-state index in [1.165, 1.54) is 0 Å². The Kier molecular flexibility index (Phi) is 5.54. The molecule has 5 atom stereocenters. The summed E-state index contributed by atoms with van der Waals surface area (Å²) in [5, 5.41) is 19.6. The largest absolute Gasteiger partial charge is 0.394 e. The molecule has 3 unspecified atom stereocenters. The van der Waals surface area contributed by atoms with Crippen LogP contribution >= 0.6 is 0 Å². The van der Waals surface area contributed by atoms with Gasteiger partial charge < -0.3 is 10.2 Å². The van der Waals surface area contributed by atoms with Crippen molar-refractivity contribution in [3.8, 4) is 0 Å². The SMILES string of the molecule is CC(C)C1C=CC(F)C([C@@H](c2ccccc2)[C@H](O)CO)C1. The molecule has 0 amide bonds. The molecule has 0 heterocycles. The highest BCUT2D eigenvalue weighted by molar-refractivity contribution is 5.24. The molecule has 116 valence electrons. The summed E-state index contributed by atoms with van der Waals surface area (Å²) in [7, 11) is 0. The maximum absolute atomic E-state index is 14.4. The van der Waals surface area contributed by atoms with Crippen molar-refractivity contribution in [3.05, 3.63) is 48.0 Å². The van der Waals surface area contributed by atoms with Crippen LogP contribution in [0.2, 0.25) is 0 Å². The minimum atomic E-state index is -1.08. The highest BCUT2D eigenvalue weighted by atomic mass is 19.1. The molecular formula is C18H25FO2. The van der Waals surface area contributed by atoms with Crippen LogP contribution in [0.15, 0.2) is 42.5 Å². The molecule has 1 aliphatic carbocycles. The molecule has 0 saturated carbocycles. The highest BCUT2D eigenvalue weighted by Crippen LogP contribution is 2.41. The van der Waals surface area contributed by atoms with Crippen LogP contribution in [0.1, 0.15) is 31.7 Å². The Morgan fingerprint density at radius 2 is 1.86 bits per heavy atom. The molecule has 1 aromatic rings. The first kappa shape index (κ1) is 16.2. The van der Waals surface area contributed by atoms with Crippen LogP contribution in [0.25, 0.3) is 0 Å². The van der Waals surface area contributed by atoms with Gasteiger partial charge in [0.2, 0.25) is 0 Å². The van der Waals surface area contributed by atoms with E-state index in [-0.39, 0.29) is 18.4 Å². The van der Waals surface area contributed by atoms with Crippen LogP contribution in [0.4, 0.5) is 4.39 Å². The summed E-state index contributed by atoms with van der Waals surface area (Å²) >= 11 is 0. The lowest BCUT2D eigenvalue weighted by Crippen LogP contribution is -2.36. The van der Waals surface area contributed by atoms with Gasteiger partial charge in [-0.15, -0.1) is 0 Å². The Morgan fingerprint density at radius 1 is 1.19 bits per heavy atom. The number of alkyl halides is 1. The van der Waals surface area contributed by atoms with Crippen LogP contribution in [-0.2, 0) is 0 Å². The third kappa shape index (κ3) is 3.72. The van der Waals surface area contributed by atoms with Crippen molar-refractivity contribution < 1.29 is 14.6 Å². The highest BCUT2D eigenvalue weighted by Gasteiger charge is 2.38. The third-order valence-corrected chi connectivity index (χ3v) is 4.60. The molecule has 0 fully saturated rings. The minimum absolute atomic E-state index is 0.299. The van der Waals surface area contributed by atoms with Gasteiger partial charge in [-0.3, -0.25) is 0 Å². The van der Waals surface area contributed by atoms with Crippen LogP contribution in [0.3, 0.4) is 0 Å². The molecule has 0 bridgehead atoms. The fourth-order valence-corrected chi connectivity index (χ4v) is 3.30. The number of hydrogen-bond donors (Lipinski definition) is 2. The number of aliphatic hydroxyl groups excluding tert-OH is 2. The normalized spacial score (nSPS) is 28.6. The summed E-state index contributed by atoms with van der Waals surface area (Å²) in [5.41, 5.74) is 0.893.